The minimum Gasteiger partial charge on any atom is -0.268 e. The molecule has 0 saturated heterocycles. The number of rotatable bonds is 1. The molecule has 0 saturated carbocycles. The summed E-state index contributed by atoms with van der Waals surface area (Å²) in [6, 6.07) is 14.0. The number of hydrogen-bond donors (Lipinski definition) is 0. The molecule has 0 spiro atoms. The van der Waals surface area contributed by atoms with Crippen molar-refractivity contribution in [3.05, 3.63) is 70.9 Å². The number of pyridine rings is 1. The molecule has 3 aromatic rings. The zero-order chi connectivity index (χ0) is 15.3. The van der Waals surface area contributed by atoms with Gasteiger partial charge in [-0.25, -0.2) is 9.88 Å². The summed E-state index contributed by atoms with van der Waals surface area (Å²) in [6.07, 6.45) is 1.42. The maximum atomic E-state index is 12.7. The van der Waals surface area contributed by atoms with Crippen LogP contribution in [-0.2, 0) is 0 Å². The molecule has 0 N–H and O–H groups in total. The number of carbonyl (C=O) groups is 2. The van der Waals surface area contributed by atoms with Crippen LogP contribution in [0.3, 0.4) is 0 Å². The molecule has 2 heterocycles. The first-order chi connectivity index (χ1) is 10.7. The predicted molar refractivity (Wildman–Crippen MR) is 84.3 cm³/mol. The van der Waals surface area contributed by atoms with Crippen molar-refractivity contribution < 1.29 is 9.59 Å². The molecular formula is C17H9ClN2O2. The Labute approximate surface area is 131 Å². The molecule has 22 heavy (non-hydrogen) atoms. The van der Waals surface area contributed by atoms with E-state index in [4.69, 9.17) is 11.6 Å². The zero-order valence-corrected chi connectivity index (χ0v) is 12.0. The summed E-state index contributed by atoms with van der Waals surface area (Å²) in [4.78, 5) is 30.6. The molecule has 1 aliphatic heterocycles. The van der Waals surface area contributed by atoms with Gasteiger partial charge in [-0.15, -0.1) is 0 Å². The second-order valence-corrected chi connectivity index (χ2v) is 5.43. The summed E-state index contributed by atoms with van der Waals surface area (Å²) in [5.74, 6) is -0.473. The van der Waals surface area contributed by atoms with Crippen molar-refractivity contribution >= 4 is 40.0 Å². The van der Waals surface area contributed by atoms with E-state index in [1.165, 1.54) is 6.20 Å². The lowest BCUT2D eigenvalue weighted by Gasteiger charge is -2.26. The monoisotopic (exact) mass is 308 g/mol. The van der Waals surface area contributed by atoms with Crippen LogP contribution in [-0.4, -0.2) is 16.8 Å². The molecule has 5 heteroatoms. The molecular weight excluding hydrogens is 300 g/mol. The number of nitrogens with zero attached hydrogens (tertiary/aromatic N) is 2. The average molecular weight is 309 g/mol. The maximum absolute atomic E-state index is 12.7. The first-order valence-corrected chi connectivity index (χ1v) is 7.07. The number of benzene rings is 2. The molecule has 4 nitrogen and oxygen atoms in total. The van der Waals surface area contributed by atoms with Crippen molar-refractivity contribution in [2.75, 3.05) is 4.90 Å². The van der Waals surface area contributed by atoms with Crippen LogP contribution >= 0.6 is 11.6 Å². The van der Waals surface area contributed by atoms with Crippen molar-refractivity contribution in [1.82, 2.24) is 4.98 Å². The number of imide groups is 1. The van der Waals surface area contributed by atoms with Gasteiger partial charge < -0.3 is 0 Å². The van der Waals surface area contributed by atoms with Gasteiger partial charge in [-0.05, 0) is 29.7 Å². The van der Waals surface area contributed by atoms with Gasteiger partial charge in [0, 0.05) is 22.7 Å². The van der Waals surface area contributed by atoms with Gasteiger partial charge in [-0.3, -0.25) is 9.59 Å². The first-order valence-electron chi connectivity index (χ1n) is 6.69. The zero-order valence-electron chi connectivity index (χ0n) is 11.3. The topological polar surface area (TPSA) is 50.3 Å². The third-order valence-corrected chi connectivity index (χ3v) is 3.94. The number of halogens is 1. The van der Waals surface area contributed by atoms with Crippen LogP contribution in [0.5, 0.6) is 0 Å². The number of aromatic nitrogens is 1. The van der Waals surface area contributed by atoms with Crippen LogP contribution < -0.4 is 4.90 Å². The highest BCUT2D eigenvalue weighted by molar-refractivity contribution is 6.35. The molecule has 0 aliphatic carbocycles. The van der Waals surface area contributed by atoms with Gasteiger partial charge in [0.25, 0.3) is 11.8 Å². The number of amides is 2. The Bertz CT molecular complexity index is 884. The van der Waals surface area contributed by atoms with Crippen LogP contribution in [0.4, 0.5) is 5.82 Å². The van der Waals surface area contributed by atoms with Crippen molar-refractivity contribution in [3.63, 3.8) is 0 Å². The molecule has 0 bridgehead atoms. The normalized spacial score (nSPS) is 13.8. The molecule has 0 unspecified atom stereocenters. The predicted octanol–water partition coefficient (Wildman–Crippen LogP) is 3.69. The summed E-state index contributed by atoms with van der Waals surface area (Å²) in [5.41, 5.74) is 1.01. The lowest BCUT2D eigenvalue weighted by molar-refractivity contribution is 0.0892. The number of anilines is 1. The lowest BCUT2D eigenvalue weighted by Crippen LogP contribution is -2.40. The lowest BCUT2D eigenvalue weighted by atomic mass is 9.94. The van der Waals surface area contributed by atoms with E-state index in [-0.39, 0.29) is 17.6 Å². The molecule has 2 aromatic carbocycles. The van der Waals surface area contributed by atoms with Gasteiger partial charge in [0.1, 0.15) is 5.82 Å². The Morgan fingerprint density at radius 3 is 2.05 bits per heavy atom. The van der Waals surface area contributed by atoms with E-state index in [1.807, 2.05) is 24.3 Å². The van der Waals surface area contributed by atoms with E-state index in [1.54, 1.807) is 24.3 Å². The Morgan fingerprint density at radius 2 is 1.50 bits per heavy atom. The van der Waals surface area contributed by atoms with Crippen molar-refractivity contribution in [3.8, 4) is 0 Å². The molecule has 4 rings (SSSR count). The first kappa shape index (κ1) is 13.0. The highest BCUT2D eigenvalue weighted by Gasteiger charge is 2.34. The largest absolute Gasteiger partial charge is 0.268 e. The molecule has 2 amide bonds. The van der Waals surface area contributed by atoms with Gasteiger partial charge in [0.05, 0.1) is 5.02 Å². The second-order valence-electron chi connectivity index (χ2n) is 4.99. The maximum Gasteiger partial charge on any atom is 0.267 e. The summed E-state index contributed by atoms with van der Waals surface area (Å²) < 4.78 is 0. The van der Waals surface area contributed by atoms with E-state index in [2.05, 4.69) is 4.98 Å². The van der Waals surface area contributed by atoms with E-state index < -0.39 is 0 Å². The van der Waals surface area contributed by atoms with E-state index in [0.29, 0.717) is 21.5 Å². The van der Waals surface area contributed by atoms with Crippen LogP contribution in [0.1, 0.15) is 20.7 Å². The minimum absolute atomic E-state index is 0.269. The second kappa shape index (κ2) is 4.64. The average Bonchev–Trinajstić information content (AvgIpc) is 2.54. The van der Waals surface area contributed by atoms with Crippen LogP contribution in [0, 0.1) is 0 Å². The van der Waals surface area contributed by atoms with E-state index in [0.717, 1.165) is 10.3 Å². The molecule has 0 atom stereocenters. The summed E-state index contributed by atoms with van der Waals surface area (Å²) in [5, 5.41) is 2.02. The molecule has 0 radical (unpaired) electrons. The van der Waals surface area contributed by atoms with Gasteiger partial charge in [-0.2, -0.15) is 0 Å². The highest BCUT2D eigenvalue weighted by atomic mass is 35.5. The molecule has 1 aromatic heterocycles. The quantitative estimate of drug-likeness (QED) is 0.644. The standard InChI is InChI=1S/C17H9ClN2O2/c18-11-7-8-14(19-9-11)20-16(21)12-5-1-3-10-4-2-6-13(15(10)12)17(20)22/h1-9H. The van der Waals surface area contributed by atoms with E-state index >= 15 is 0 Å². The minimum atomic E-state index is -0.371. The fraction of sp³-hybridized carbons (Fsp3) is 0. The van der Waals surface area contributed by atoms with Crippen molar-refractivity contribution in [2.24, 2.45) is 0 Å². The fourth-order valence-electron chi connectivity index (χ4n) is 2.74. The fourth-order valence-corrected chi connectivity index (χ4v) is 2.85. The number of carbonyl (C=O) groups excluding carboxylic acids is 2. The Hall–Kier alpha value is -2.72. The third-order valence-electron chi connectivity index (χ3n) is 3.71. The van der Waals surface area contributed by atoms with Crippen LogP contribution in [0.25, 0.3) is 10.8 Å². The van der Waals surface area contributed by atoms with Crippen molar-refractivity contribution in [1.29, 1.82) is 0 Å². The Kier molecular flexibility index (Phi) is 2.74. The third kappa shape index (κ3) is 1.74. The Balaban J connectivity index is 1.97. The molecule has 0 fully saturated rings. The van der Waals surface area contributed by atoms with Gasteiger partial charge >= 0.3 is 0 Å². The van der Waals surface area contributed by atoms with Gasteiger partial charge in [0.2, 0.25) is 0 Å². The molecule has 106 valence electrons. The SMILES string of the molecule is O=C1c2cccc3cccc(c23)C(=O)N1c1ccc(Cl)cn1. The smallest absolute Gasteiger partial charge is 0.267 e. The number of hydrogen-bond acceptors (Lipinski definition) is 3. The van der Waals surface area contributed by atoms with E-state index in [9.17, 15) is 9.59 Å². The van der Waals surface area contributed by atoms with Crippen LogP contribution in [0.2, 0.25) is 5.02 Å². The van der Waals surface area contributed by atoms with Gasteiger partial charge in [-0.1, -0.05) is 35.9 Å². The summed E-state index contributed by atoms with van der Waals surface area (Å²) >= 11 is 5.82. The summed E-state index contributed by atoms with van der Waals surface area (Å²) in [6.45, 7) is 0. The van der Waals surface area contributed by atoms with Gasteiger partial charge in [0.15, 0.2) is 0 Å². The summed E-state index contributed by atoms with van der Waals surface area (Å²) in [7, 11) is 0. The highest BCUT2D eigenvalue weighted by Crippen LogP contribution is 2.32. The molecule has 1 aliphatic rings. The Morgan fingerprint density at radius 1 is 0.864 bits per heavy atom. The van der Waals surface area contributed by atoms with Crippen molar-refractivity contribution in [2.45, 2.75) is 0 Å². The van der Waals surface area contributed by atoms with Crippen LogP contribution in [0.15, 0.2) is 54.7 Å².